The molecule has 0 aliphatic heterocycles. The van der Waals surface area contributed by atoms with E-state index in [9.17, 15) is 9.59 Å². The molecule has 0 saturated carbocycles. The SMILES string of the molecule is Cc1nc(NC(C)(C)C(=O)C(C)C)sc1COC(=O)C(C)C. The second-order valence-corrected chi connectivity index (χ2v) is 7.64. The van der Waals surface area contributed by atoms with Crippen LogP contribution >= 0.6 is 11.3 Å². The molecule has 0 aliphatic rings. The molecule has 124 valence electrons. The molecule has 0 aromatic carbocycles. The summed E-state index contributed by atoms with van der Waals surface area (Å²) in [5, 5.41) is 3.86. The van der Waals surface area contributed by atoms with Gasteiger partial charge in [-0.05, 0) is 20.8 Å². The zero-order valence-corrected chi connectivity index (χ0v) is 15.3. The molecule has 1 N–H and O–H groups in total. The van der Waals surface area contributed by atoms with E-state index >= 15 is 0 Å². The summed E-state index contributed by atoms with van der Waals surface area (Å²) < 4.78 is 5.24. The summed E-state index contributed by atoms with van der Waals surface area (Å²) >= 11 is 1.42. The quantitative estimate of drug-likeness (QED) is 0.776. The van der Waals surface area contributed by atoms with Crippen LogP contribution in [0.5, 0.6) is 0 Å². The normalized spacial score (nSPS) is 11.9. The highest BCUT2D eigenvalue weighted by atomic mass is 32.1. The molecule has 1 aromatic rings. The molecule has 0 amide bonds. The van der Waals surface area contributed by atoms with Gasteiger partial charge in [0.2, 0.25) is 0 Å². The van der Waals surface area contributed by atoms with Crippen LogP contribution in [0.2, 0.25) is 0 Å². The van der Waals surface area contributed by atoms with Crippen molar-refractivity contribution in [3.05, 3.63) is 10.6 Å². The van der Waals surface area contributed by atoms with Crippen molar-refractivity contribution in [1.82, 2.24) is 4.98 Å². The fourth-order valence-corrected chi connectivity index (χ4v) is 3.00. The monoisotopic (exact) mass is 326 g/mol. The first-order valence-corrected chi connectivity index (χ1v) is 8.31. The minimum atomic E-state index is -0.676. The van der Waals surface area contributed by atoms with Crippen molar-refractivity contribution < 1.29 is 14.3 Å². The molecule has 0 atom stereocenters. The maximum atomic E-state index is 12.2. The Labute approximate surface area is 136 Å². The van der Waals surface area contributed by atoms with Crippen molar-refractivity contribution in [1.29, 1.82) is 0 Å². The zero-order valence-electron chi connectivity index (χ0n) is 14.4. The number of aromatic nitrogens is 1. The molecule has 0 spiro atoms. The predicted molar refractivity (Wildman–Crippen MR) is 89.0 cm³/mol. The van der Waals surface area contributed by atoms with Gasteiger partial charge in [0.25, 0.3) is 0 Å². The van der Waals surface area contributed by atoms with E-state index in [4.69, 9.17) is 4.74 Å². The molecular weight excluding hydrogens is 300 g/mol. The lowest BCUT2D eigenvalue weighted by Crippen LogP contribution is -2.42. The summed E-state index contributed by atoms with van der Waals surface area (Å²) in [7, 11) is 0. The Bertz CT molecular complexity index is 548. The Morgan fingerprint density at radius 2 is 1.82 bits per heavy atom. The van der Waals surface area contributed by atoms with Gasteiger partial charge >= 0.3 is 5.97 Å². The summed E-state index contributed by atoms with van der Waals surface area (Å²) in [6, 6.07) is 0. The minimum absolute atomic E-state index is 0.0463. The third kappa shape index (κ3) is 4.80. The molecular formula is C16H26N2O3S. The van der Waals surface area contributed by atoms with Gasteiger partial charge in [-0.1, -0.05) is 39.0 Å². The number of esters is 1. The molecule has 22 heavy (non-hydrogen) atoms. The summed E-state index contributed by atoms with van der Waals surface area (Å²) in [4.78, 5) is 29.0. The van der Waals surface area contributed by atoms with Gasteiger partial charge < -0.3 is 10.1 Å². The second-order valence-electron chi connectivity index (χ2n) is 6.56. The maximum absolute atomic E-state index is 12.2. The van der Waals surface area contributed by atoms with Crippen LogP contribution in [0.1, 0.15) is 52.1 Å². The van der Waals surface area contributed by atoms with Gasteiger partial charge in [0, 0.05) is 5.92 Å². The number of nitrogens with one attached hydrogen (secondary N) is 1. The van der Waals surface area contributed by atoms with Crippen molar-refractivity contribution in [2.24, 2.45) is 11.8 Å². The Kier molecular flexibility index (Phi) is 6.11. The first-order chi connectivity index (χ1) is 10.0. The van der Waals surface area contributed by atoms with E-state index < -0.39 is 5.54 Å². The fraction of sp³-hybridized carbons (Fsp3) is 0.688. The number of hydrogen-bond acceptors (Lipinski definition) is 6. The number of rotatable bonds is 7. The molecule has 1 rings (SSSR count). The van der Waals surface area contributed by atoms with Crippen LogP contribution in [0.3, 0.4) is 0 Å². The Balaban J connectivity index is 2.77. The molecule has 5 nitrogen and oxygen atoms in total. The van der Waals surface area contributed by atoms with Gasteiger partial charge in [-0.15, -0.1) is 0 Å². The number of aryl methyl sites for hydroxylation is 1. The first-order valence-electron chi connectivity index (χ1n) is 7.50. The van der Waals surface area contributed by atoms with Crippen LogP contribution in [0.4, 0.5) is 5.13 Å². The lowest BCUT2D eigenvalue weighted by Gasteiger charge is -2.26. The van der Waals surface area contributed by atoms with Gasteiger partial charge in [-0.2, -0.15) is 0 Å². The number of ketones is 1. The van der Waals surface area contributed by atoms with Gasteiger partial charge in [0.15, 0.2) is 10.9 Å². The van der Waals surface area contributed by atoms with E-state index in [1.54, 1.807) is 13.8 Å². The fourth-order valence-electron chi connectivity index (χ4n) is 1.97. The van der Waals surface area contributed by atoms with Crippen LogP contribution in [0.15, 0.2) is 0 Å². The van der Waals surface area contributed by atoms with Crippen molar-refractivity contribution in [3.8, 4) is 0 Å². The summed E-state index contributed by atoms with van der Waals surface area (Å²) in [5.41, 5.74) is 0.140. The van der Waals surface area contributed by atoms with Crippen molar-refractivity contribution in [3.63, 3.8) is 0 Å². The average molecular weight is 326 g/mol. The van der Waals surface area contributed by atoms with Crippen molar-refractivity contribution >= 4 is 28.2 Å². The van der Waals surface area contributed by atoms with Crippen LogP contribution in [0.25, 0.3) is 0 Å². The highest BCUT2D eigenvalue weighted by Gasteiger charge is 2.30. The van der Waals surface area contributed by atoms with Crippen molar-refractivity contribution in [2.45, 2.75) is 60.6 Å². The lowest BCUT2D eigenvalue weighted by atomic mass is 9.91. The summed E-state index contributed by atoms with van der Waals surface area (Å²) in [5.74, 6) is -0.283. The average Bonchev–Trinajstić information content (AvgIpc) is 2.73. The largest absolute Gasteiger partial charge is 0.460 e. The van der Waals surface area contributed by atoms with Crippen molar-refractivity contribution in [2.75, 3.05) is 5.32 Å². The molecule has 0 bridgehead atoms. The first kappa shape index (κ1) is 18.6. The summed E-state index contributed by atoms with van der Waals surface area (Å²) in [6.45, 7) is 13.2. The molecule has 6 heteroatoms. The Morgan fingerprint density at radius 3 is 2.32 bits per heavy atom. The molecule has 1 aromatic heterocycles. The third-order valence-electron chi connectivity index (χ3n) is 3.27. The number of carbonyl (C=O) groups is 2. The van der Waals surface area contributed by atoms with Crippen LogP contribution in [-0.4, -0.2) is 22.3 Å². The number of hydrogen-bond donors (Lipinski definition) is 1. The van der Waals surface area contributed by atoms with Crippen LogP contribution in [0, 0.1) is 18.8 Å². The molecule has 0 radical (unpaired) electrons. The predicted octanol–water partition coefficient (Wildman–Crippen LogP) is 3.57. The number of carbonyl (C=O) groups excluding carboxylic acids is 2. The third-order valence-corrected chi connectivity index (χ3v) is 4.32. The molecule has 0 aliphatic carbocycles. The van der Waals surface area contributed by atoms with E-state index in [0.717, 1.165) is 10.6 Å². The van der Waals surface area contributed by atoms with Gasteiger partial charge in [-0.25, -0.2) is 4.98 Å². The highest BCUT2D eigenvalue weighted by Crippen LogP contribution is 2.27. The van der Waals surface area contributed by atoms with E-state index in [1.807, 2.05) is 34.6 Å². The number of anilines is 1. The second kappa shape index (κ2) is 7.22. The van der Waals surface area contributed by atoms with E-state index in [1.165, 1.54) is 11.3 Å². The number of ether oxygens (including phenoxy) is 1. The Hall–Kier alpha value is -1.43. The van der Waals surface area contributed by atoms with Crippen LogP contribution in [-0.2, 0) is 20.9 Å². The van der Waals surface area contributed by atoms with E-state index in [2.05, 4.69) is 10.3 Å². The standard InChI is InChI=1S/C16H26N2O3S/c1-9(2)13(19)16(6,7)18-15-17-11(5)12(22-15)8-21-14(20)10(3)4/h9-10H,8H2,1-7H3,(H,17,18). The van der Waals surface area contributed by atoms with Gasteiger partial charge in [0.05, 0.1) is 22.0 Å². The van der Waals surface area contributed by atoms with E-state index in [-0.39, 0.29) is 30.2 Å². The molecule has 0 fully saturated rings. The minimum Gasteiger partial charge on any atom is -0.460 e. The number of thiazole rings is 1. The number of Topliss-reactive ketones (excluding diaryl/α,β-unsaturated/α-hetero) is 1. The lowest BCUT2D eigenvalue weighted by molar-refractivity contribution is -0.148. The van der Waals surface area contributed by atoms with Crippen LogP contribution < -0.4 is 5.32 Å². The van der Waals surface area contributed by atoms with Gasteiger partial charge in [-0.3, -0.25) is 9.59 Å². The molecule has 0 unspecified atom stereocenters. The number of nitrogens with zero attached hydrogens (tertiary/aromatic N) is 1. The maximum Gasteiger partial charge on any atom is 0.308 e. The molecule has 0 saturated heterocycles. The smallest absolute Gasteiger partial charge is 0.308 e. The Morgan fingerprint density at radius 1 is 1.23 bits per heavy atom. The molecule has 1 heterocycles. The zero-order chi connectivity index (χ0) is 17.1. The summed E-state index contributed by atoms with van der Waals surface area (Å²) in [6.07, 6.45) is 0. The van der Waals surface area contributed by atoms with Gasteiger partial charge in [0.1, 0.15) is 6.61 Å². The van der Waals surface area contributed by atoms with E-state index in [0.29, 0.717) is 5.13 Å². The highest BCUT2D eigenvalue weighted by molar-refractivity contribution is 7.15. The topological polar surface area (TPSA) is 68.3 Å².